The molecule has 13 heavy (non-hydrogen) atoms. The lowest BCUT2D eigenvalue weighted by molar-refractivity contribution is 0.199. The first-order valence-electron chi connectivity index (χ1n) is 4.51. The Morgan fingerprint density at radius 1 is 1.54 bits per heavy atom. The van der Waals surface area contributed by atoms with Crippen molar-refractivity contribution in [2.75, 3.05) is 26.8 Å². The number of methoxy groups -OCH3 is 1. The molecule has 0 aliphatic carbocycles. The Bertz CT molecular complexity index is 199. The van der Waals surface area contributed by atoms with E-state index in [1.165, 1.54) is 0 Å². The van der Waals surface area contributed by atoms with Gasteiger partial charge in [-0.15, -0.1) is 0 Å². The van der Waals surface area contributed by atoms with Crippen LogP contribution in [0.3, 0.4) is 0 Å². The van der Waals surface area contributed by atoms with Crippen LogP contribution in [-0.4, -0.2) is 32.0 Å². The second kappa shape index (κ2) is 6.62. The summed E-state index contributed by atoms with van der Waals surface area (Å²) in [6, 6.07) is 0. The lowest BCUT2D eigenvalue weighted by Gasteiger charge is -2.01. The highest BCUT2D eigenvalue weighted by Gasteiger charge is 1.94. The molecule has 4 heteroatoms. The first-order chi connectivity index (χ1) is 6.43. The highest BCUT2D eigenvalue weighted by atomic mass is 16.5. The Hall–Kier alpha value is -0.870. The third kappa shape index (κ3) is 4.65. The number of nitrogens with zero attached hydrogens (tertiary/aromatic N) is 1. The van der Waals surface area contributed by atoms with E-state index in [1.807, 2.05) is 0 Å². The topological polar surface area (TPSA) is 47.3 Å². The van der Waals surface area contributed by atoms with Crippen molar-refractivity contribution >= 4 is 0 Å². The van der Waals surface area contributed by atoms with Crippen molar-refractivity contribution in [2.24, 2.45) is 0 Å². The molecule has 0 aliphatic heterocycles. The summed E-state index contributed by atoms with van der Waals surface area (Å²) in [4.78, 5) is 0. The minimum absolute atomic E-state index is 0.771. The third-order valence-electron chi connectivity index (χ3n) is 1.79. The van der Waals surface area contributed by atoms with Crippen LogP contribution in [0.4, 0.5) is 0 Å². The van der Waals surface area contributed by atoms with Crippen molar-refractivity contribution < 1.29 is 9.26 Å². The summed E-state index contributed by atoms with van der Waals surface area (Å²) in [6.07, 6.45) is 5.57. The average Bonchev–Trinajstić information content (AvgIpc) is 2.63. The van der Waals surface area contributed by atoms with E-state index in [1.54, 1.807) is 19.6 Å². The van der Waals surface area contributed by atoms with E-state index >= 15 is 0 Å². The van der Waals surface area contributed by atoms with Crippen LogP contribution >= 0.6 is 0 Å². The van der Waals surface area contributed by atoms with E-state index in [-0.39, 0.29) is 0 Å². The molecule has 1 heterocycles. The maximum Gasteiger partial charge on any atom is 0.126 e. The number of ether oxygens (including phenoxy) is 1. The first kappa shape index (κ1) is 10.2. The molecule has 74 valence electrons. The summed E-state index contributed by atoms with van der Waals surface area (Å²) in [5.41, 5.74) is 1.16. The van der Waals surface area contributed by atoms with E-state index < -0.39 is 0 Å². The van der Waals surface area contributed by atoms with Crippen molar-refractivity contribution in [3.05, 3.63) is 18.0 Å². The summed E-state index contributed by atoms with van der Waals surface area (Å²) in [6.45, 7) is 2.70. The molecule has 0 aliphatic rings. The number of hydrogen-bond donors (Lipinski definition) is 1. The van der Waals surface area contributed by atoms with Gasteiger partial charge in [0.25, 0.3) is 0 Å². The smallest absolute Gasteiger partial charge is 0.126 e. The van der Waals surface area contributed by atoms with Gasteiger partial charge in [-0.3, -0.25) is 0 Å². The second-order valence-corrected chi connectivity index (χ2v) is 2.88. The minimum atomic E-state index is 0.771. The zero-order chi connectivity index (χ0) is 9.36. The van der Waals surface area contributed by atoms with Gasteiger partial charge in [-0.2, -0.15) is 0 Å². The Kier molecular flexibility index (Phi) is 5.20. The first-order valence-corrected chi connectivity index (χ1v) is 4.51. The number of aromatic nitrogens is 1. The SMILES string of the molecule is COCCNCCCc1cnoc1. The molecule has 0 fully saturated rings. The number of aryl methyl sites for hydroxylation is 1. The Morgan fingerprint density at radius 2 is 2.46 bits per heavy atom. The molecule has 1 N–H and O–H groups in total. The van der Waals surface area contributed by atoms with Gasteiger partial charge in [0.2, 0.25) is 0 Å². The maximum absolute atomic E-state index is 4.91. The standard InChI is InChI=1S/C9H16N2O2/c1-12-6-5-10-4-2-3-9-7-11-13-8-9/h7-8,10H,2-6H2,1H3. The van der Waals surface area contributed by atoms with Crippen LogP contribution < -0.4 is 5.32 Å². The van der Waals surface area contributed by atoms with Crippen LogP contribution in [0.15, 0.2) is 17.0 Å². The fourth-order valence-electron chi connectivity index (χ4n) is 1.07. The molecule has 0 atom stereocenters. The summed E-state index contributed by atoms with van der Waals surface area (Å²) >= 11 is 0. The van der Waals surface area contributed by atoms with Crippen LogP contribution in [0.5, 0.6) is 0 Å². The summed E-state index contributed by atoms with van der Waals surface area (Å²) in [7, 11) is 1.71. The molecule has 1 rings (SSSR count). The van der Waals surface area contributed by atoms with Crippen molar-refractivity contribution in [1.29, 1.82) is 0 Å². The van der Waals surface area contributed by atoms with Gasteiger partial charge >= 0.3 is 0 Å². The van der Waals surface area contributed by atoms with E-state index in [2.05, 4.69) is 10.5 Å². The van der Waals surface area contributed by atoms with Crippen molar-refractivity contribution in [1.82, 2.24) is 10.5 Å². The largest absolute Gasteiger partial charge is 0.383 e. The molecule has 1 aromatic rings. The van der Waals surface area contributed by atoms with Crippen LogP contribution in [0.2, 0.25) is 0 Å². The molecule has 0 saturated heterocycles. The molecular formula is C9H16N2O2. The van der Waals surface area contributed by atoms with Gasteiger partial charge in [0, 0.05) is 19.2 Å². The van der Waals surface area contributed by atoms with Gasteiger partial charge in [-0.05, 0) is 19.4 Å². The predicted molar refractivity (Wildman–Crippen MR) is 49.6 cm³/mol. The highest BCUT2D eigenvalue weighted by molar-refractivity contribution is 4.99. The zero-order valence-electron chi connectivity index (χ0n) is 7.95. The summed E-state index contributed by atoms with van der Waals surface area (Å²) < 4.78 is 9.63. The molecule has 0 amide bonds. The van der Waals surface area contributed by atoms with Gasteiger partial charge < -0.3 is 14.6 Å². The highest BCUT2D eigenvalue weighted by Crippen LogP contribution is 1.99. The normalized spacial score (nSPS) is 10.5. The number of nitrogens with one attached hydrogen (secondary N) is 1. The monoisotopic (exact) mass is 184 g/mol. The molecule has 0 radical (unpaired) electrons. The summed E-state index contributed by atoms with van der Waals surface area (Å²) in [5, 5.41) is 6.91. The van der Waals surface area contributed by atoms with Gasteiger partial charge in [0.1, 0.15) is 6.26 Å². The van der Waals surface area contributed by atoms with Crippen LogP contribution in [0, 0.1) is 0 Å². The Labute approximate surface area is 78.2 Å². The van der Waals surface area contributed by atoms with E-state index in [0.717, 1.165) is 38.1 Å². The van der Waals surface area contributed by atoms with E-state index in [9.17, 15) is 0 Å². The average molecular weight is 184 g/mol. The van der Waals surface area contributed by atoms with Crippen molar-refractivity contribution in [3.63, 3.8) is 0 Å². The summed E-state index contributed by atoms with van der Waals surface area (Å²) in [5.74, 6) is 0. The molecule has 1 aromatic heterocycles. The van der Waals surface area contributed by atoms with Crippen LogP contribution in [0.25, 0.3) is 0 Å². The molecule has 4 nitrogen and oxygen atoms in total. The van der Waals surface area contributed by atoms with E-state index in [4.69, 9.17) is 9.26 Å². The van der Waals surface area contributed by atoms with Gasteiger partial charge in [-0.1, -0.05) is 5.16 Å². The van der Waals surface area contributed by atoms with Crippen LogP contribution in [-0.2, 0) is 11.2 Å². The van der Waals surface area contributed by atoms with Gasteiger partial charge in [-0.25, -0.2) is 0 Å². The minimum Gasteiger partial charge on any atom is -0.383 e. The quantitative estimate of drug-likeness (QED) is 0.638. The van der Waals surface area contributed by atoms with Crippen LogP contribution in [0.1, 0.15) is 12.0 Å². The molecule has 0 aromatic carbocycles. The van der Waals surface area contributed by atoms with Crippen molar-refractivity contribution in [3.8, 4) is 0 Å². The third-order valence-corrected chi connectivity index (χ3v) is 1.79. The fraction of sp³-hybridized carbons (Fsp3) is 0.667. The molecular weight excluding hydrogens is 168 g/mol. The molecule has 0 bridgehead atoms. The van der Waals surface area contributed by atoms with E-state index in [0.29, 0.717) is 0 Å². The van der Waals surface area contributed by atoms with Gasteiger partial charge in [0.05, 0.1) is 12.8 Å². The number of hydrogen-bond acceptors (Lipinski definition) is 4. The molecule has 0 unspecified atom stereocenters. The van der Waals surface area contributed by atoms with Gasteiger partial charge in [0.15, 0.2) is 0 Å². The Morgan fingerprint density at radius 3 is 3.15 bits per heavy atom. The zero-order valence-corrected chi connectivity index (χ0v) is 7.95. The maximum atomic E-state index is 4.91. The second-order valence-electron chi connectivity index (χ2n) is 2.88. The fourth-order valence-corrected chi connectivity index (χ4v) is 1.07. The molecule has 0 spiro atoms. The lowest BCUT2D eigenvalue weighted by Crippen LogP contribution is -2.20. The van der Waals surface area contributed by atoms with Crippen molar-refractivity contribution in [2.45, 2.75) is 12.8 Å². The molecule has 0 saturated carbocycles. The predicted octanol–water partition coefficient (Wildman–Crippen LogP) is 0.843. The number of rotatable bonds is 7. The Balaban J connectivity index is 1.90. The lowest BCUT2D eigenvalue weighted by atomic mass is 10.2.